The number of hydrogen-bond donors (Lipinski definition) is 3. The number of piperidine rings is 1. The van der Waals surface area contributed by atoms with E-state index in [9.17, 15) is 9.90 Å². The number of carboxylic acids is 1. The number of hydrogen-bond acceptors (Lipinski definition) is 6. The highest BCUT2D eigenvalue weighted by atomic mass is 79.9. The van der Waals surface area contributed by atoms with Crippen molar-refractivity contribution in [2.45, 2.75) is 51.6 Å². The number of fused-ring (bicyclic) bond motifs is 1. The lowest BCUT2D eigenvalue weighted by atomic mass is 9.79. The molecule has 0 unspecified atom stereocenters. The van der Waals surface area contributed by atoms with E-state index in [0.29, 0.717) is 18.1 Å². The summed E-state index contributed by atoms with van der Waals surface area (Å²) in [6, 6.07) is 7.21. The van der Waals surface area contributed by atoms with E-state index in [0.717, 1.165) is 38.0 Å². The first kappa shape index (κ1) is 22.9. The lowest BCUT2D eigenvalue weighted by Crippen LogP contribution is -2.55. The molecule has 0 amide bonds. The van der Waals surface area contributed by atoms with E-state index in [1.165, 1.54) is 16.9 Å². The Kier molecular flexibility index (Phi) is 6.13. The second-order valence-electron chi connectivity index (χ2n) is 9.51. The lowest BCUT2D eigenvalue weighted by Gasteiger charge is -2.44. The van der Waals surface area contributed by atoms with Gasteiger partial charge in [0.1, 0.15) is 5.69 Å². The monoisotopic (exact) mass is 514 g/mol. The number of anilines is 1. The van der Waals surface area contributed by atoms with E-state index in [-0.39, 0.29) is 11.1 Å². The van der Waals surface area contributed by atoms with E-state index in [1.54, 1.807) is 18.3 Å². The zero-order valence-electron chi connectivity index (χ0n) is 18.6. The molecule has 3 N–H and O–H groups in total. The molecular formula is C24H27BrN4O2S. The summed E-state index contributed by atoms with van der Waals surface area (Å²) in [6.45, 7) is 9.60. The average molecular weight is 515 g/mol. The number of nitrogens with zero attached hydrogens (tertiary/aromatic N) is 2. The molecule has 3 heterocycles. The molecule has 6 nitrogen and oxygen atoms in total. The molecule has 0 aliphatic carbocycles. The van der Waals surface area contributed by atoms with Gasteiger partial charge in [0.15, 0.2) is 0 Å². The Morgan fingerprint density at radius 2 is 2.00 bits per heavy atom. The maximum Gasteiger partial charge on any atom is 0.336 e. The van der Waals surface area contributed by atoms with Gasteiger partial charge in [-0.25, -0.2) is 14.8 Å². The lowest BCUT2D eigenvalue weighted by molar-refractivity contribution is 0.0699. The molecule has 2 aromatic heterocycles. The van der Waals surface area contributed by atoms with Gasteiger partial charge in [0.05, 0.1) is 14.9 Å². The molecule has 0 saturated carbocycles. The summed E-state index contributed by atoms with van der Waals surface area (Å²) in [5.41, 5.74) is 2.62. The molecular weight excluding hydrogens is 488 g/mol. The molecule has 0 bridgehead atoms. The molecule has 0 radical (unpaired) electrons. The largest absolute Gasteiger partial charge is 0.478 e. The van der Waals surface area contributed by atoms with Crippen molar-refractivity contribution >= 4 is 49.3 Å². The molecule has 1 aromatic carbocycles. The second kappa shape index (κ2) is 8.57. The minimum absolute atomic E-state index is 0.0743. The van der Waals surface area contributed by atoms with Crippen LogP contribution in [0.3, 0.4) is 0 Å². The Bertz CT molecular complexity index is 1200. The predicted octanol–water partition coefficient (Wildman–Crippen LogP) is 6.10. The van der Waals surface area contributed by atoms with Crippen LogP contribution in [0.4, 0.5) is 5.95 Å². The van der Waals surface area contributed by atoms with Crippen LogP contribution in [0.2, 0.25) is 0 Å². The molecule has 32 heavy (non-hydrogen) atoms. The SMILES string of the molecule is CC1(C)CC(=CCNc2ncc(Br)c(-c3cc4c(C(=O)O)cccc4s3)n2)CC(C)(C)N1. The first-order valence-corrected chi connectivity index (χ1v) is 12.1. The number of carboxylic acid groups (broad SMARTS) is 1. The number of carbonyl (C=O) groups is 1. The summed E-state index contributed by atoms with van der Waals surface area (Å²) in [4.78, 5) is 21.6. The first-order chi connectivity index (χ1) is 15.0. The maximum absolute atomic E-state index is 11.6. The fourth-order valence-corrected chi connectivity index (χ4v) is 6.25. The van der Waals surface area contributed by atoms with E-state index in [2.05, 4.69) is 65.3 Å². The summed E-state index contributed by atoms with van der Waals surface area (Å²) in [6.07, 6.45) is 6.00. The minimum atomic E-state index is -0.929. The molecule has 3 aromatic rings. The van der Waals surface area contributed by atoms with Gasteiger partial charge in [0.25, 0.3) is 0 Å². The minimum Gasteiger partial charge on any atom is -0.478 e. The molecule has 4 rings (SSSR count). The first-order valence-electron chi connectivity index (χ1n) is 10.5. The number of halogens is 1. The molecule has 1 aliphatic heterocycles. The number of benzene rings is 1. The van der Waals surface area contributed by atoms with Gasteiger partial charge in [0, 0.05) is 33.9 Å². The molecule has 1 saturated heterocycles. The van der Waals surface area contributed by atoms with Crippen LogP contribution >= 0.6 is 27.3 Å². The quantitative estimate of drug-likeness (QED) is 0.356. The summed E-state index contributed by atoms with van der Waals surface area (Å²) in [7, 11) is 0. The number of rotatable bonds is 5. The zero-order valence-corrected chi connectivity index (χ0v) is 21.0. The van der Waals surface area contributed by atoms with Gasteiger partial charge in [0.2, 0.25) is 5.95 Å². The molecule has 0 atom stereocenters. The Balaban J connectivity index is 1.56. The highest BCUT2D eigenvalue weighted by molar-refractivity contribution is 9.10. The topological polar surface area (TPSA) is 87.1 Å². The van der Waals surface area contributed by atoms with Crippen LogP contribution in [0.25, 0.3) is 20.7 Å². The Morgan fingerprint density at radius 3 is 2.69 bits per heavy atom. The second-order valence-corrected chi connectivity index (χ2v) is 11.5. The van der Waals surface area contributed by atoms with Crippen molar-refractivity contribution in [1.82, 2.24) is 15.3 Å². The van der Waals surface area contributed by atoms with Crippen LogP contribution < -0.4 is 10.6 Å². The van der Waals surface area contributed by atoms with E-state index >= 15 is 0 Å². The highest BCUT2D eigenvalue weighted by Gasteiger charge is 2.34. The zero-order chi connectivity index (χ0) is 23.1. The van der Waals surface area contributed by atoms with Crippen LogP contribution in [0.1, 0.15) is 50.9 Å². The number of thiophene rings is 1. The summed E-state index contributed by atoms with van der Waals surface area (Å²) >= 11 is 5.07. The smallest absolute Gasteiger partial charge is 0.336 e. The van der Waals surface area contributed by atoms with Gasteiger partial charge in [-0.1, -0.05) is 17.7 Å². The van der Waals surface area contributed by atoms with Gasteiger partial charge in [-0.15, -0.1) is 11.3 Å². The number of aromatic nitrogens is 2. The average Bonchev–Trinajstić information content (AvgIpc) is 3.10. The Hall–Kier alpha value is -2.29. The van der Waals surface area contributed by atoms with Crippen molar-refractivity contribution in [3.63, 3.8) is 0 Å². The predicted molar refractivity (Wildman–Crippen MR) is 135 cm³/mol. The molecule has 1 fully saturated rings. The Labute approximate surface area is 200 Å². The van der Waals surface area contributed by atoms with E-state index < -0.39 is 5.97 Å². The van der Waals surface area contributed by atoms with Gasteiger partial charge >= 0.3 is 5.97 Å². The highest BCUT2D eigenvalue weighted by Crippen LogP contribution is 2.37. The van der Waals surface area contributed by atoms with Crippen molar-refractivity contribution < 1.29 is 9.90 Å². The van der Waals surface area contributed by atoms with E-state index in [1.807, 2.05) is 12.1 Å². The third-order valence-corrected chi connectivity index (χ3v) is 7.12. The number of nitrogens with one attached hydrogen (secondary N) is 2. The van der Waals surface area contributed by atoms with Crippen LogP contribution in [-0.2, 0) is 0 Å². The summed E-state index contributed by atoms with van der Waals surface area (Å²) < 4.78 is 1.69. The normalized spacial score (nSPS) is 17.3. The van der Waals surface area contributed by atoms with Gasteiger partial charge < -0.3 is 15.7 Å². The Morgan fingerprint density at radius 1 is 1.28 bits per heavy atom. The fourth-order valence-electron chi connectivity index (χ4n) is 4.62. The molecule has 8 heteroatoms. The molecule has 1 aliphatic rings. The maximum atomic E-state index is 11.6. The van der Waals surface area contributed by atoms with Crippen molar-refractivity contribution in [2.24, 2.45) is 0 Å². The third-order valence-electron chi connectivity index (χ3n) is 5.44. The van der Waals surface area contributed by atoms with Crippen LogP contribution in [0.15, 0.2) is 46.6 Å². The summed E-state index contributed by atoms with van der Waals surface area (Å²) in [5.74, 6) is -0.384. The van der Waals surface area contributed by atoms with E-state index in [4.69, 9.17) is 4.98 Å². The van der Waals surface area contributed by atoms with Gasteiger partial charge in [-0.3, -0.25) is 0 Å². The van der Waals surface area contributed by atoms with Gasteiger partial charge in [-0.05, 0) is 74.7 Å². The molecule has 0 spiro atoms. The van der Waals surface area contributed by atoms with Crippen LogP contribution in [-0.4, -0.2) is 38.7 Å². The molecule has 168 valence electrons. The summed E-state index contributed by atoms with van der Waals surface area (Å²) in [5, 5.41) is 17.2. The van der Waals surface area contributed by atoms with Crippen molar-refractivity contribution in [3.05, 3.63) is 52.1 Å². The standard InChI is InChI=1S/C24H27BrN4O2S/c1-23(2)11-14(12-24(3,4)29-23)8-9-26-22-27-13-17(25)20(28-22)19-10-16-15(21(30)31)6-5-7-18(16)32-19/h5-8,10,13,29H,9,11-12H2,1-4H3,(H,30,31)(H,26,27,28). The van der Waals surface area contributed by atoms with Crippen molar-refractivity contribution in [2.75, 3.05) is 11.9 Å². The third kappa shape index (κ3) is 5.03. The van der Waals surface area contributed by atoms with Crippen molar-refractivity contribution in [1.29, 1.82) is 0 Å². The number of aromatic carboxylic acids is 1. The van der Waals surface area contributed by atoms with Crippen LogP contribution in [0.5, 0.6) is 0 Å². The van der Waals surface area contributed by atoms with Crippen molar-refractivity contribution in [3.8, 4) is 10.6 Å². The van der Waals surface area contributed by atoms with Crippen LogP contribution in [0, 0.1) is 0 Å². The fraction of sp³-hybridized carbons (Fsp3) is 0.375. The van der Waals surface area contributed by atoms with Gasteiger partial charge in [-0.2, -0.15) is 0 Å².